The third-order valence-corrected chi connectivity index (χ3v) is 2.51. The normalized spacial score (nSPS) is 20.1. The fourth-order valence-electron chi connectivity index (χ4n) is 1.77. The standard InChI is InChI=1S/C11H15NO2/c1-2-12-7-9(8-13)14-11-6-4-3-5-10(11)12/h3-6,9,13H,2,7-8H2,1H3/t9-/m0/s1. The van der Waals surface area contributed by atoms with Gasteiger partial charge in [-0.2, -0.15) is 0 Å². The van der Waals surface area contributed by atoms with Gasteiger partial charge in [-0.3, -0.25) is 0 Å². The molecule has 1 aliphatic rings. The topological polar surface area (TPSA) is 32.7 Å². The van der Waals surface area contributed by atoms with E-state index in [1.807, 2.05) is 24.3 Å². The number of nitrogens with zero attached hydrogens (tertiary/aromatic N) is 1. The molecule has 0 aliphatic carbocycles. The minimum Gasteiger partial charge on any atom is -0.484 e. The monoisotopic (exact) mass is 193 g/mol. The number of likely N-dealkylation sites (N-methyl/N-ethyl adjacent to an activating group) is 1. The highest BCUT2D eigenvalue weighted by Gasteiger charge is 2.23. The highest BCUT2D eigenvalue weighted by atomic mass is 16.5. The van der Waals surface area contributed by atoms with Crippen LogP contribution in [-0.2, 0) is 0 Å². The van der Waals surface area contributed by atoms with E-state index in [-0.39, 0.29) is 12.7 Å². The smallest absolute Gasteiger partial charge is 0.143 e. The molecule has 76 valence electrons. The van der Waals surface area contributed by atoms with Gasteiger partial charge in [0.05, 0.1) is 18.8 Å². The van der Waals surface area contributed by atoms with E-state index in [4.69, 9.17) is 9.84 Å². The van der Waals surface area contributed by atoms with Gasteiger partial charge >= 0.3 is 0 Å². The van der Waals surface area contributed by atoms with Gasteiger partial charge < -0.3 is 14.7 Å². The average molecular weight is 193 g/mol. The molecule has 2 rings (SSSR count). The van der Waals surface area contributed by atoms with Crippen molar-refractivity contribution in [2.75, 3.05) is 24.6 Å². The molecule has 1 N–H and O–H groups in total. The number of fused-ring (bicyclic) bond motifs is 1. The molecule has 1 aromatic carbocycles. The summed E-state index contributed by atoms with van der Waals surface area (Å²) in [5.41, 5.74) is 1.12. The van der Waals surface area contributed by atoms with Crippen LogP contribution in [0.1, 0.15) is 6.92 Å². The first-order chi connectivity index (χ1) is 6.85. The van der Waals surface area contributed by atoms with E-state index in [9.17, 15) is 0 Å². The fraction of sp³-hybridized carbons (Fsp3) is 0.455. The lowest BCUT2D eigenvalue weighted by Gasteiger charge is -2.34. The molecular formula is C11H15NO2. The molecule has 3 heteroatoms. The predicted molar refractivity (Wildman–Crippen MR) is 55.8 cm³/mol. The summed E-state index contributed by atoms with van der Waals surface area (Å²) in [6, 6.07) is 7.95. The highest BCUT2D eigenvalue weighted by molar-refractivity contribution is 5.59. The fourth-order valence-corrected chi connectivity index (χ4v) is 1.77. The Labute approximate surface area is 83.9 Å². The molecule has 1 aliphatic heterocycles. The van der Waals surface area contributed by atoms with Crippen molar-refractivity contribution < 1.29 is 9.84 Å². The molecule has 0 radical (unpaired) electrons. The Morgan fingerprint density at radius 2 is 2.29 bits per heavy atom. The molecule has 1 heterocycles. The lowest BCUT2D eigenvalue weighted by Crippen LogP contribution is -2.41. The van der Waals surface area contributed by atoms with E-state index in [1.54, 1.807) is 0 Å². The van der Waals surface area contributed by atoms with Gasteiger partial charge in [-0.25, -0.2) is 0 Å². The zero-order chi connectivity index (χ0) is 9.97. The van der Waals surface area contributed by atoms with E-state index >= 15 is 0 Å². The van der Waals surface area contributed by atoms with Gasteiger partial charge in [-0.1, -0.05) is 12.1 Å². The molecule has 1 atom stereocenters. The first-order valence-electron chi connectivity index (χ1n) is 4.96. The van der Waals surface area contributed by atoms with Crippen LogP contribution in [0.3, 0.4) is 0 Å². The Bertz CT molecular complexity index is 314. The number of anilines is 1. The van der Waals surface area contributed by atoms with E-state index in [1.165, 1.54) is 0 Å². The summed E-state index contributed by atoms with van der Waals surface area (Å²) in [5, 5.41) is 9.08. The zero-order valence-corrected chi connectivity index (χ0v) is 8.31. The summed E-state index contributed by atoms with van der Waals surface area (Å²) >= 11 is 0. The van der Waals surface area contributed by atoms with Crippen molar-refractivity contribution >= 4 is 5.69 Å². The van der Waals surface area contributed by atoms with Gasteiger partial charge in [0, 0.05) is 6.54 Å². The van der Waals surface area contributed by atoms with Crippen LogP contribution in [0.25, 0.3) is 0 Å². The number of benzene rings is 1. The molecule has 0 saturated heterocycles. The molecule has 0 unspecified atom stereocenters. The van der Waals surface area contributed by atoms with Gasteiger partial charge in [-0.05, 0) is 19.1 Å². The number of hydrogen-bond donors (Lipinski definition) is 1. The largest absolute Gasteiger partial charge is 0.484 e. The van der Waals surface area contributed by atoms with E-state index < -0.39 is 0 Å². The molecule has 3 nitrogen and oxygen atoms in total. The molecule has 0 amide bonds. The zero-order valence-electron chi connectivity index (χ0n) is 8.31. The van der Waals surface area contributed by atoms with Crippen molar-refractivity contribution in [1.82, 2.24) is 0 Å². The molecule has 0 fully saturated rings. The average Bonchev–Trinajstić information content (AvgIpc) is 2.27. The van der Waals surface area contributed by atoms with Crippen molar-refractivity contribution in [3.63, 3.8) is 0 Å². The molecular weight excluding hydrogens is 178 g/mol. The first kappa shape index (κ1) is 9.34. The second-order valence-corrected chi connectivity index (χ2v) is 3.43. The number of rotatable bonds is 2. The highest BCUT2D eigenvalue weighted by Crippen LogP contribution is 2.32. The SMILES string of the molecule is CCN1C[C@@H](CO)Oc2ccccc21. The maximum absolute atomic E-state index is 9.08. The number of para-hydroxylation sites is 2. The summed E-state index contributed by atoms with van der Waals surface area (Å²) in [5.74, 6) is 0.875. The third kappa shape index (κ3) is 1.55. The summed E-state index contributed by atoms with van der Waals surface area (Å²) in [6.07, 6.45) is -0.0927. The predicted octanol–water partition coefficient (Wildman–Crippen LogP) is 1.27. The maximum atomic E-state index is 9.08. The van der Waals surface area contributed by atoms with E-state index in [0.29, 0.717) is 0 Å². The molecule has 1 aromatic rings. The van der Waals surface area contributed by atoms with Gasteiger partial charge in [0.15, 0.2) is 0 Å². The Kier molecular flexibility index (Phi) is 2.59. The lowest BCUT2D eigenvalue weighted by molar-refractivity contribution is 0.112. The van der Waals surface area contributed by atoms with Crippen molar-refractivity contribution in [3.05, 3.63) is 24.3 Å². The van der Waals surface area contributed by atoms with Gasteiger partial charge in [-0.15, -0.1) is 0 Å². The van der Waals surface area contributed by atoms with Gasteiger partial charge in [0.2, 0.25) is 0 Å². The summed E-state index contributed by atoms with van der Waals surface area (Å²) < 4.78 is 5.62. The second-order valence-electron chi connectivity index (χ2n) is 3.43. The van der Waals surface area contributed by atoms with Crippen LogP contribution in [-0.4, -0.2) is 30.9 Å². The minimum absolute atomic E-state index is 0.0742. The van der Waals surface area contributed by atoms with Crippen LogP contribution < -0.4 is 9.64 Å². The maximum Gasteiger partial charge on any atom is 0.143 e. The molecule has 0 saturated carbocycles. The minimum atomic E-state index is -0.0927. The Balaban J connectivity index is 2.31. The summed E-state index contributed by atoms with van der Waals surface area (Å²) in [4.78, 5) is 2.22. The van der Waals surface area contributed by atoms with E-state index in [0.717, 1.165) is 24.5 Å². The van der Waals surface area contributed by atoms with Crippen LogP contribution in [0.5, 0.6) is 5.75 Å². The number of ether oxygens (including phenoxy) is 1. The molecule has 0 aromatic heterocycles. The molecule has 0 spiro atoms. The summed E-state index contributed by atoms with van der Waals surface area (Å²) in [7, 11) is 0. The molecule has 14 heavy (non-hydrogen) atoms. The van der Waals surface area contributed by atoms with Gasteiger partial charge in [0.25, 0.3) is 0 Å². The Morgan fingerprint density at radius 3 is 3.00 bits per heavy atom. The second kappa shape index (κ2) is 3.88. The first-order valence-corrected chi connectivity index (χ1v) is 4.96. The van der Waals surface area contributed by atoms with Crippen LogP contribution >= 0.6 is 0 Å². The Morgan fingerprint density at radius 1 is 1.50 bits per heavy atom. The Hall–Kier alpha value is -1.22. The van der Waals surface area contributed by atoms with E-state index in [2.05, 4.69) is 11.8 Å². The lowest BCUT2D eigenvalue weighted by atomic mass is 10.2. The number of hydrogen-bond acceptors (Lipinski definition) is 3. The van der Waals surface area contributed by atoms with Crippen molar-refractivity contribution in [2.24, 2.45) is 0 Å². The van der Waals surface area contributed by atoms with Crippen molar-refractivity contribution in [3.8, 4) is 5.75 Å². The van der Waals surface area contributed by atoms with Crippen molar-refractivity contribution in [1.29, 1.82) is 0 Å². The van der Waals surface area contributed by atoms with Gasteiger partial charge in [0.1, 0.15) is 11.9 Å². The summed E-state index contributed by atoms with van der Waals surface area (Å²) in [6.45, 7) is 3.89. The van der Waals surface area contributed by atoms with Crippen LogP contribution in [0.2, 0.25) is 0 Å². The van der Waals surface area contributed by atoms with Crippen LogP contribution in [0, 0.1) is 0 Å². The quantitative estimate of drug-likeness (QED) is 0.767. The third-order valence-electron chi connectivity index (χ3n) is 2.51. The van der Waals surface area contributed by atoms with Crippen LogP contribution in [0.15, 0.2) is 24.3 Å². The van der Waals surface area contributed by atoms with Crippen molar-refractivity contribution in [2.45, 2.75) is 13.0 Å². The van der Waals surface area contributed by atoms with Crippen LogP contribution in [0.4, 0.5) is 5.69 Å². The number of aliphatic hydroxyl groups excluding tert-OH is 1. The molecule has 0 bridgehead atoms. The number of aliphatic hydroxyl groups is 1.